The Balaban J connectivity index is 1.92. The van der Waals surface area contributed by atoms with E-state index < -0.39 is 0 Å². The molecule has 3 nitrogen and oxygen atoms in total. The highest BCUT2D eigenvalue weighted by molar-refractivity contribution is 5.83. The first-order chi connectivity index (χ1) is 9.06. The van der Waals surface area contributed by atoms with Crippen LogP contribution in [0.1, 0.15) is 44.2 Å². The molecule has 0 heterocycles. The Morgan fingerprint density at radius 1 is 1.37 bits per heavy atom. The number of aryl methyl sites for hydroxylation is 1. The summed E-state index contributed by atoms with van der Waals surface area (Å²) in [5.74, 6) is 0.0945. The first kappa shape index (κ1) is 14.1. The Morgan fingerprint density at radius 3 is 2.53 bits per heavy atom. The highest BCUT2D eigenvalue weighted by Gasteiger charge is 2.42. The third-order valence-electron chi connectivity index (χ3n) is 4.43. The van der Waals surface area contributed by atoms with Gasteiger partial charge in [0.05, 0.1) is 5.41 Å². The maximum absolute atomic E-state index is 12.3. The molecule has 0 aliphatic heterocycles. The molecule has 1 saturated carbocycles. The second kappa shape index (κ2) is 5.74. The van der Waals surface area contributed by atoms with Crippen LogP contribution in [0.25, 0.3) is 0 Å². The number of hydrogen-bond acceptors (Lipinski definition) is 2. The Morgan fingerprint density at radius 2 is 2.00 bits per heavy atom. The van der Waals surface area contributed by atoms with Crippen molar-refractivity contribution in [1.82, 2.24) is 5.32 Å². The van der Waals surface area contributed by atoms with E-state index in [4.69, 9.17) is 5.73 Å². The zero-order valence-electron chi connectivity index (χ0n) is 11.9. The van der Waals surface area contributed by atoms with Crippen LogP contribution in [0.5, 0.6) is 0 Å². The third kappa shape index (κ3) is 2.98. The number of nitrogens with two attached hydrogens (primary N) is 1. The van der Waals surface area contributed by atoms with Gasteiger partial charge in [0, 0.05) is 12.6 Å². The maximum atomic E-state index is 12.3. The number of carbonyl (C=O) groups is 1. The lowest BCUT2D eigenvalue weighted by molar-refractivity contribution is -0.130. The standard InChI is InChI=1S/C16H24N2O/c1-3-12-6-8-13(9-7-12)11-18-15(19)16(2)10-4-5-14(16)17/h6-9,14H,3-5,10-11,17H2,1-2H3,(H,18,19). The number of rotatable bonds is 4. The molecule has 1 aliphatic carbocycles. The molecule has 3 heteroatoms. The monoisotopic (exact) mass is 260 g/mol. The molecule has 0 spiro atoms. The average Bonchev–Trinajstić information content (AvgIpc) is 2.78. The van der Waals surface area contributed by atoms with Crippen molar-refractivity contribution in [3.63, 3.8) is 0 Å². The van der Waals surface area contributed by atoms with Crippen LogP contribution in [0.4, 0.5) is 0 Å². The Labute approximate surface area is 115 Å². The van der Waals surface area contributed by atoms with E-state index in [1.807, 2.05) is 6.92 Å². The largest absolute Gasteiger partial charge is 0.352 e. The molecule has 0 saturated heterocycles. The van der Waals surface area contributed by atoms with Crippen LogP contribution in [0.15, 0.2) is 24.3 Å². The number of amides is 1. The Kier molecular flexibility index (Phi) is 4.25. The second-order valence-electron chi connectivity index (χ2n) is 5.77. The van der Waals surface area contributed by atoms with E-state index in [9.17, 15) is 4.79 Å². The molecule has 0 radical (unpaired) electrons. The highest BCUT2D eigenvalue weighted by atomic mass is 16.2. The van der Waals surface area contributed by atoms with Gasteiger partial charge in [0.15, 0.2) is 0 Å². The van der Waals surface area contributed by atoms with Crippen LogP contribution in [-0.4, -0.2) is 11.9 Å². The van der Waals surface area contributed by atoms with Gasteiger partial charge in [-0.15, -0.1) is 0 Å². The van der Waals surface area contributed by atoms with Crippen molar-refractivity contribution in [2.45, 2.75) is 52.1 Å². The highest BCUT2D eigenvalue weighted by Crippen LogP contribution is 2.36. The molecule has 1 amide bonds. The molecule has 3 N–H and O–H groups in total. The first-order valence-electron chi connectivity index (χ1n) is 7.18. The van der Waals surface area contributed by atoms with E-state index in [1.165, 1.54) is 5.56 Å². The van der Waals surface area contributed by atoms with Crippen LogP contribution in [-0.2, 0) is 17.8 Å². The van der Waals surface area contributed by atoms with Crippen molar-refractivity contribution in [3.8, 4) is 0 Å². The zero-order chi connectivity index (χ0) is 13.9. The molecule has 2 unspecified atom stereocenters. The summed E-state index contributed by atoms with van der Waals surface area (Å²) in [4.78, 5) is 12.3. The molecule has 1 aromatic rings. The number of benzene rings is 1. The Hall–Kier alpha value is -1.35. The summed E-state index contributed by atoms with van der Waals surface area (Å²) < 4.78 is 0. The van der Waals surface area contributed by atoms with E-state index in [0.29, 0.717) is 6.54 Å². The second-order valence-corrected chi connectivity index (χ2v) is 5.77. The van der Waals surface area contributed by atoms with Crippen LogP contribution in [0, 0.1) is 5.41 Å². The van der Waals surface area contributed by atoms with Crippen LogP contribution in [0.2, 0.25) is 0 Å². The van der Waals surface area contributed by atoms with E-state index in [1.54, 1.807) is 0 Å². The van der Waals surface area contributed by atoms with Crippen LogP contribution >= 0.6 is 0 Å². The predicted molar refractivity (Wildman–Crippen MR) is 77.6 cm³/mol. The maximum Gasteiger partial charge on any atom is 0.227 e. The van der Waals surface area contributed by atoms with Gasteiger partial charge in [-0.25, -0.2) is 0 Å². The fourth-order valence-electron chi connectivity index (χ4n) is 2.75. The van der Waals surface area contributed by atoms with Gasteiger partial charge >= 0.3 is 0 Å². The van der Waals surface area contributed by atoms with E-state index in [2.05, 4.69) is 36.5 Å². The van der Waals surface area contributed by atoms with Crippen molar-refractivity contribution in [1.29, 1.82) is 0 Å². The smallest absolute Gasteiger partial charge is 0.227 e. The lowest BCUT2D eigenvalue weighted by Crippen LogP contribution is -2.47. The molecule has 2 rings (SSSR count). The predicted octanol–water partition coefficient (Wildman–Crippen LogP) is 2.38. The van der Waals surface area contributed by atoms with E-state index in [0.717, 1.165) is 31.2 Å². The topological polar surface area (TPSA) is 55.1 Å². The summed E-state index contributed by atoms with van der Waals surface area (Å²) in [6, 6.07) is 8.39. The van der Waals surface area contributed by atoms with Crippen molar-refractivity contribution in [2.24, 2.45) is 11.1 Å². The third-order valence-corrected chi connectivity index (χ3v) is 4.43. The summed E-state index contributed by atoms with van der Waals surface area (Å²) in [6.45, 7) is 4.71. The van der Waals surface area contributed by atoms with Gasteiger partial charge in [0.2, 0.25) is 5.91 Å². The minimum Gasteiger partial charge on any atom is -0.352 e. The van der Waals surface area contributed by atoms with Gasteiger partial charge in [-0.2, -0.15) is 0 Å². The molecule has 0 bridgehead atoms. The Bertz CT molecular complexity index is 441. The molecule has 1 aromatic carbocycles. The lowest BCUT2D eigenvalue weighted by atomic mass is 9.84. The van der Waals surface area contributed by atoms with Crippen molar-refractivity contribution < 1.29 is 4.79 Å². The molecule has 104 valence electrons. The average molecular weight is 260 g/mol. The quantitative estimate of drug-likeness (QED) is 0.873. The zero-order valence-corrected chi connectivity index (χ0v) is 11.9. The molecule has 1 fully saturated rings. The lowest BCUT2D eigenvalue weighted by Gasteiger charge is -2.27. The molecule has 0 aromatic heterocycles. The van der Waals surface area contributed by atoms with Crippen LogP contribution in [0.3, 0.4) is 0 Å². The molecular formula is C16H24N2O. The minimum absolute atomic E-state index is 0.00466. The van der Waals surface area contributed by atoms with Gasteiger partial charge in [-0.1, -0.05) is 37.6 Å². The summed E-state index contributed by atoms with van der Waals surface area (Å²) in [5, 5.41) is 3.03. The number of carbonyl (C=O) groups excluding carboxylic acids is 1. The van der Waals surface area contributed by atoms with Gasteiger partial charge in [0.1, 0.15) is 0 Å². The molecular weight excluding hydrogens is 236 g/mol. The van der Waals surface area contributed by atoms with Gasteiger partial charge in [-0.05, 0) is 37.3 Å². The fourth-order valence-corrected chi connectivity index (χ4v) is 2.75. The van der Waals surface area contributed by atoms with E-state index in [-0.39, 0.29) is 17.4 Å². The van der Waals surface area contributed by atoms with E-state index >= 15 is 0 Å². The summed E-state index contributed by atoms with van der Waals surface area (Å²) in [5.41, 5.74) is 8.13. The van der Waals surface area contributed by atoms with Crippen LogP contribution < -0.4 is 11.1 Å². The minimum atomic E-state index is -0.386. The number of nitrogens with one attached hydrogen (secondary N) is 1. The summed E-state index contributed by atoms with van der Waals surface area (Å²) in [6.07, 6.45) is 3.94. The normalized spacial score (nSPS) is 26.4. The van der Waals surface area contributed by atoms with Crippen molar-refractivity contribution >= 4 is 5.91 Å². The summed E-state index contributed by atoms with van der Waals surface area (Å²) >= 11 is 0. The SMILES string of the molecule is CCc1ccc(CNC(=O)C2(C)CCCC2N)cc1. The number of hydrogen-bond donors (Lipinski definition) is 2. The first-order valence-corrected chi connectivity index (χ1v) is 7.18. The molecule has 19 heavy (non-hydrogen) atoms. The van der Waals surface area contributed by atoms with Gasteiger partial charge in [-0.3, -0.25) is 4.79 Å². The fraction of sp³-hybridized carbons (Fsp3) is 0.562. The van der Waals surface area contributed by atoms with Gasteiger partial charge in [0.25, 0.3) is 0 Å². The van der Waals surface area contributed by atoms with Crippen molar-refractivity contribution in [3.05, 3.63) is 35.4 Å². The molecule has 2 atom stereocenters. The molecule has 1 aliphatic rings. The summed E-state index contributed by atoms with van der Waals surface area (Å²) in [7, 11) is 0. The van der Waals surface area contributed by atoms with Crippen molar-refractivity contribution in [2.75, 3.05) is 0 Å². The van der Waals surface area contributed by atoms with Gasteiger partial charge < -0.3 is 11.1 Å².